The van der Waals surface area contributed by atoms with E-state index in [1.807, 2.05) is 42.0 Å². The first kappa shape index (κ1) is 15.3. The SMILES string of the molecule is CC(NC(=O)c1cccc(Cl)c1)c1ccc(-n2ccnc2)cc1. The average Bonchev–Trinajstić information content (AvgIpc) is 3.09. The second kappa shape index (κ2) is 6.67. The first-order valence-electron chi connectivity index (χ1n) is 7.28. The molecule has 5 heteroatoms. The molecule has 1 aromatic heterocycles. The van der Waals surface area contributed by atoms with Crippen LogP contribution in [0.15, 0.2) is 67.3 Å². The summed E-state index contributed by atoms with van der Waals surface area (Å²) < 4.78 is 1.93. The Morgan fingerprint density at radius 2 is 2.00 bits per heavy atom. The molecule has 0 aliphatic carbocycles. The normalized spacial score (nSPS) is 11.9. The van der Waals surface area contributed by atoms with Gasteiger partial charge in [0.25, 0.3) is 5.91 Å². The molecule has 0 aliphatic heterocycles. The molecule has 116 valence electrons. The lowest BCUT2D eigenvalue weighted by molar-refractivity contribution is 0.0940. The zero-order chi connectivity index (χ0) is 16.2. The molecule has 0 aliphatic rings. The molecule has 1 unspecified atom stereocenters. The Morgan fingerprint density at radius 1 is 1.22 bits per heavy atom. The minimum Gasteiger partial charge on any atom is -0.346 e. The molecule has 1 N–H and O–H groups in total. The maximum Gasteiger partial charge on any atom is 0.251 e. The van der Waals surface area contributed by atoms with Crippen LogP contribution in [0.4, 0.5) is 0 Å². The van der Waals surface area contributed by atoms with E-state index >= 15 is 0 Å². The second-order valence-electron chi connectivity index (χ2n) is 5.27. The monoisotopic (exact) mass is 325 g/mol. The van der Waals surface area contributed by atoms with Gasteiger partial charge in [0.05, 0.1) is 12.4 Å². The number of imidazole rings is 1. The topological polar surface area (TPSA) is 46.9 Å². The van der Waals surface area contributed by atoms with Gasteiger partial charge in [0.2, 0.25) is 0 Å². The summed E-state index contributed by atoms with van der Waals surface area (Å²) in [6.07, 6.45) is 5.38. The summed E-state index contributed by atoms with van der Waals surface area (Å²) in [6, 6.07) is 14.8. The van der Waals surface area contributed by atoms with E-state index < -0.39 is 0 Å². The number of hydrogen-bond donors (Lipinski definition) is 1. The lowest BCUT2D eigenvalue weighted by Crippen LogP contribution is -2.26. The van der Waals surface area contributed by atoms with Crippen LogP contribution >= 0.6 is 11.6 Å². The molecule has 0 saturated carbocycles. The van der Waals surface area contributed by atoms with E-state index in [1.165, 1.54) is 0 Å². The Hall–Kier alpha value is -2.59. The van der Waals surface area contributed by atoms with Crippen LogP contribution in [0.2, 0.25) is 5.02 Å². The van der Waals surface area contributed by atoms with Crippen molar-refractivity contribution in [2.24, 2.45) is 0 Å². The van der Waals surface area contributed by atoms with Gasteiger partial charge in [-0.1, -0.05) is 29.8 Å². The van der Waals surface area contributed by atoms with Crippen LogP contribution in [0.25, 0.3) is 5.69 Å². The zero-order valence-electron chi connectivity index (χ0n) is 12.6. The minimum atomic E-state index is -0.140. The highest BCUT2D eigenvalue weighted by Crippen LogP contribution is 2.17. The molecule has 2 aromatic carbocycles. The van der Waals surface area contributed by atoms with Gasteiger partial charge in [0.15, 0.2) is 0 Å². The molecule has 3 aromatic rings. The van der Waals surface area contributed by atoms with Gasteiger partial charge in [-0.25, -0.2) is 4.98 Å². The number of benzene rings is 2. The number of aromatic nitrogens is 2. The Morgan fingerprint density at radius 3 is 2.65 bits per heavy atom. The fourth-order valence-corrected chi connectivity index (χ4v) is 2.53. The molecule has 4 nitrogen and oxygen atoms in total. The lowest BCUT2D eigenvalue weighted by Gasteiger charge is -2.15. The van der Waals surface area contributed by atoms with Crippen molar-refractivity contribution in [2.45, 2.75) is 13.0 Å². The molecule has 23 heavy (non-hydrogen) atoms. The van der Waals surface area contributed by atoms with Gasteiger partial charge in [-0.2, -0.15) is 0 Å². The van der Waals surface area contributed by atoms with Crippen LogP contribution < -0.4 is 5.32 Å². The van der Waals surface area contributed by atoms with E-state index in [0.29, 0.717) is 10.6 Å². The molecule has 1 atom stereocenters. The predicted octanol–water partition coefficient (Wildman–Crippen LogP) is 4.02. The number of carbonyl (C=O) groups is 1. The van der Waals surface area contributed by atoms with E-state index in [0.717, 1.165) is 11.3 Å². The Kier molecular flexibility index (Phi) is 4.44. The van der Waals surface area contributed by atoms with Crippen LogP contribution in [0.1, 0.15) is 28.9 Å². The summed E-state index contributed by atoms with van der Waals surface area (Å²) in [5.41, 5.74) is 2.61. The fraction of sp³-hybridized carbons (Fsp3) is 0.111. The fourth-order valence-electron chi connectivity index (χ4n) is 2.34. The zero-order valence-corrected chi connectivity index (χ0v) is 13.4. The molecule has 0 radical (unpaired) electrons. The number of nitrogens with one attached hydrogen (secondary N) is 1. The Labute approximate surface area is 139 Å². The van der Waals surface area contributed by atoms with Crippen LogP contribution in [-0.4, -0.2) is 15.5 Å². The molecule has 0 bridgehead atoms. The van der Waals surface area contributed by atoms with Crippen molar-refractivity contribution in [1.82, 2.24) is 14.9 Å². The quantitative estimate of drug-likeness (QED) is 0.787. The molecule has 1 amide bonds. The summed E-state index contributed by atoms with van der Waals surface area (Å²) in [6.45, 7) is 1.95. The van der Waals surface area contributed by atoms with E-state index in [2.05, 4.69) is 10.3 Å². The Balaban J connectivity index is 1.70. The first-order chi connectivity index (χ1) is 11.1. The number of amides is 1. The number of nitrogens with zero attached hydrogens (tertiary/aromatic N) is 2. The van der Waals surface area contributed by atoms with Gasteiger partial charge >= 0.3 is 0 Å². The molecule has 3 rings (SSSR count). The smallest absolute Gasteiger partial charge is 0.251 e. The molecular weight excluding hydrogens is 310 g/mol. The maximum atomic E-state index is 12.3. The van der Waals surface area contributed by atoms with E-state index in [9.17, 15) is 4.79 Å². The average molecular weight is 326 g/mol. The van der Waals surface area contributed by atoms with E-state index in [1.54, 1.807) is 36.8 Å². The van der Waals surface area contributed by atoms with Crippen LogP contribution in [0.5, 0.6) is 0 Å². The first-order valence-corrected chi connectivity index (χ1v) is 7.66. The summed E-state index contributed by atoms with van der Waals surface area (Å²) in [5.74, 6) is -0.140. The van der Waals surface area contributed by atoms with E-state index in [4.69, 9.17) is 11.6 Å². The van der Waals surface area contributed by atoms with Crippen molar-refractivity contribution in [2.75, 3.05) is 0 Å². The molecular formula is C18H16ClN3O. The number of hydrogen-bond acceptors (Lipinski definition) is 2. The number of carbonyl (C=O) groups excluding carboxylic acids is 1. The van der Waals surface area contributed by atoms with Gasteiger partial charge in [-0.15, -0.1) is 0 Å². The van der Waals surface area contributed by atoms with E-state index in [-0.39, 0.29) is 11.9 Å². The molecule has 0 saturated heterocycles. The van der Waals surface area contributed by atoms with Crippen molar-refractivity contribution in [3.8, 4) is 5.69 Å². The van der Waals surface area contributed by atoms with Gasteiger partial charge < -0.3 is 9.88 Å². The van der Waals surface area contributed by atoms with Gasteiger partial charge in [0, 0.05) is 28.7 Å². The van der Waals surface area contributed by atoms with Gasteiger partial charge in [-0.3, -0.25) is 4.79 Å². The summed E-state index contributed by atoms with van der Waals surface area (Å²) in [4.78, 5) is 16.3. The van der Waals surface area contributed by atoms with Crippen LogP contribution in [-0.2, 0) is 0 Å². The van der Waals surface area contributed by atoms with Crippen molar-refractivity contribution < 1.29 is 4.79 Å². The van der Waals surface area contributed by atoms with Gasteiger partial charge in [-0.05, 0) is 42.8 Å². The third-order valence-electron chi connectivity index (χ3n) is 3.63. The lowest BCUT2D eigenvalue weighted by atomic mass is 10.1. The molecule has 1 heterocycles. The number of rotatable bonds is 4. The van der Waals surface area contributed by atoms with Crippen molar-refractivity contribution in [3.05, 3.63) is 83.4 Å². The Bertz CT molecular complexity index is 797. The molecule has 0 spiro atoms. The summed E-state index contributed by atoms with van der Waals surface area (Å²) >= 11 is 5.92. The number of halogens is 1. The third-order valence-corrected chi connectivity index (χ3v) is 3.87. The van der Waals surface area contributed by atoms with Gasteiger partial charge in [0.1, 0.15) is 0 Å². The second-order valence-corrected chi connectivity index (χ2v) is 5.70. The summed E-state index contributed by atoms with van der Waals surface area (Å²) in [5, 5.41) is 3.53. The molecule has 0 fully saturated rings. The summed E-state index contributed by atoms with van der Waals surface area (Å²) in [7, 11) is 0. The van der Waals surface area contributed by atoms with Crippen molar-refractivity contribution in [3.63, 3.8) is 0 Å². The van der Waals surface area contributed by atoms with Crippen molar-refractivity contribution in [1.29, 1.82) is 0 Å². The largest absolute Gasteiger partial charge is 0.346 e. The predicted molar refractivity (Wildman–Crippen MR) is 90.9 cm³/mol. The maximum absolute atomic E-state index is 12.3. The highest BCUT2D eigenvalue weighted by atomic mass is 35.5. The highest BCUT2D eigenvalue weighted by molar-refractivity contribution is 6.30. The highest BCUT2D eigenvalue weighted by Gasteiger charge is 2.11. The van der Waals surface area contributed by atoms with Crippen molar-refractivity contribution >= 4 is 17.5 Å². The van der Waals surface area contributed by atoms with Crippen LogP contribution in [0, 0.1) is 0 Å². The standard InChI is InChI=1S/C18H16ClN3O/c1-13(21-18(23)15-3-2-4-16(19)11-15)14-5-7-17(8-6-14)22-10-9-20-12-22/h2-13H,1H3,(H,21,23). The minimum absolute atomic E-state index is 0.0988. The third kappa shape index (κ3) is 3.60. The van der Waals surface area contributed by atoms with Crippen LogP contribution in [0.3, 0.4) is 0 Å².